The van der Waals surface area contributed by atoms with Gasteiger partial charge in [-0.15, -0.1) is 11.3 Å². The molecule has 38 heavy (non-hydrogen) atoms. The van der Waals surface area contributed by atoms with Crippen molar-refractivity contribution in [2.45, 2.75) is 36.4 Å². The van der Waals surface area contributed by atoms with Gasteiger partial charge in [0.05, 0.1) is 16.3 Å². The van der Waals surface area contributed by atoms with Crippen LogP contribution >= 0.6 is 11.3 Å². The van der Waals surface area contributed by atoms with E-state index in [0.29, 0.717) is 60.3 Å². The summed E-state index contributed by atoms with van der Waals surface area (Å²) in [7, 11) is -3.78. The van der Waals surface area contributed by atoms with Crippen LogP contribution in [0.25, 0.3) is 17.1 Å². The number of nitrogens with two attached hydrogens (primary N) is 1. The SMILES string of the molecule is NS(=O)(=O)c1ccc(-c2ocnc2C/C=C(\OCc2csc(C3(O)CCOCC3)n2)c2ccccc2)cc1. The number of sulfonamides is 1. The molecule has 1 aliphatic rings. The van der Waals surface area contributed by atoms with Crippen molar-refractivity contribution in [3.63, 3.8) is 0 Å². The number of aliphatic hydroxyl groups is 1. The van der Waals surface area contributed by atoms with Gasteiger partial charge in [-0.1, -0.05) is 30.3 Å². The summed E-state index contributed by atoms with van der Waals surface area (Å²) in [6.45, 7) is 1.27. The van der Waals surface area contributed by atoms with Gasteiger partial charge in [0.2, 0.25) is 10.0 Å². The maximum atomic E-state index is 11.6. The lowest BCUT2D eigenvalue weighted by Crippen LogP contribution is -2.33. The van der Waals surface area contributed by atoms with Crippen molar-refractivity contribution in [3.05, 3.63) is 94.4 Å². The molecule has 4 aromatic rings. The predicted molar refractivity (Wildman–Crippen MR) is 142 cm³/mol. The number of benzene rings is 2. The molecule has 5 rings (SSSR count). The lowest BCUT2D eigenvalue weighted by atomic mass is 9.95. The highest BCUT2D eigenvalue weighted by molar-refractivity contribution is 7.89. The molecule has 0 unspecified atom stereocenters. The second kappa shape index (κ2) is 11.2. The van der Waals surface area contributed by atoms with Crippen LogP contribution in [0.1, 0.15) is 34.8 Å². The maximum Gasteiger partial charge on any atom is 0.238 e. The summed E-state index contributed by atoms with van der Waals surface area (Å²) in [5.74, 6) is 1.19. The van der Waals surface area contributed by atoms with E-state index in [1.165, 1.54) is 29.9 Å². The highest BCUT2D eigenvalue weighted by atomic mass is 32.2. The summed E-state index contributed by atoms with van der Waals surface area (Å²) in [5.41, 5.74) is 2.04. The fraction of sp³-hybridized carbons (Fsp3) is 0.259. The van der Waals surface area contributed by atoms with E-state index >= 15 is 0 Å². The molecule has 3 N–H and O–H groups in total. The Kier molecular flexibility index (Phi) is 7.73. The first kappa shape index (κ1) is 26.3. The number of aromatic nitrogens is 2. The standard InChI is InChI=1S/C27H27N3O6S2/c28-38(32,33)22-8-6-20(7-9-22)25-23(29-18-36-25)10-11-24(19-4-2-1-3-5-19)35-16-21-17-37-26(30-21)27(31)12-14-34-15-13-27/h1-9,11,17-18,31H,10,12-16H2,(H2,28,32,33)/b24-11-. The smallest absolute Gasteiger partial charge is 0.238 e. The first-order chi connectivity index (χ1) is 18.3. The van der Waals surface area contributed by atoms with Gasteiger partial charge in [0.25, 0.3) is 0 Å². The minimum absolute atomic E-state index is 0.0242. The molecule has 1 saturated heterocycles. The van der Waals surface area contributed by atoms with Crippen molar-refractivity contribution >= 4 is 27.1 Å². The molecule has 0 amide bonds. The van der Waals surface area contributed by atoms with Gasteiger partial charge in [-0.3, -0.25) is 0 Å². The van der Waals surface area contributed by atoms with E-state index in [-0.39, 0.29) is 11.5 Å². The second-order valence-electron chi connectivity index (χ2n) is 8.91. The lowest BCUT2D eigenvalue weighted by Gasteiger charge is -2.29. The summed E-state index contributed by atoms with van der Waals surface area (Å²) < 4.78 is 40.3. The highest BCUT2D eigenvalue weighted by Gasteiger charge is 2.34. The average molecular weight is 554 g/mol. The summed E-state index contributed by atoms with van der Waals surface area (Å²) >= 11 is 1.43. The molecular weight excluding hydrogens is 526 g/mol. The van der Waals surface area contributed by atoms with Gasteiger partial charge in [0.1, 0.15) is 23.0 Å². The average Bonchev–Trinajstić information content (AvgIpc) is 3.60. The van der Waals surface area contributed by atoms with Gasteiger partial charge in [0.15, 0.2) is 12.2 Å². The van der Waals surface area contributed by atoms with E-state index in [1.807, 2.05) is 41.8 Å². The minimum atomic E-state index is -3.78. The quantitative estimate of drug-likeness (QED) is 0.294. The van der Waals surface area contributed by atoms with Crippen LogP contribution in [-0.4, -0.2) is 36.7 Å². The van der Waals surface area contributed by atoms with Crippen LogP contribution in [0, 0.1) is 0 Å². The van der Waals surface area contributed by atoms with Crippen LogP contribution < -0.4 is 5.14 Å². The Balaban J connectivity index is 1.34. The molecule has 0 bridgehead atoms. The molecule has 0 radical (unpaired) electrons. The summed E-state index contributed by atoms with van der Waals surface area (Å²) in [6.07, 6.45) is 4.75. The van der Waals surface area contributed by atoms with E-state index in [2.05, 4.69) is 9.97 Å². The zero-order valence-corrected chi connectivity index (χ0v) is 22.1. The number of ether oxygens (including phenoxy) is 2. The third-order valence-corrected chi connectivity index (χ3v) is 8.28. The molecule has 0 atom stereocenters. The summed E-state index contributed by atoms with van der Waals surface area (Å²) in [6, 6.07) is 15.9. The van der Waals surface area contributed by atoms with Crippen molar-refractivity contribution in [3.8, 4) is 11.3 Å². The van der Waals surface area contributed by atoms with Gasteiger partial charge >= 0.3 is 0 Å². The largest absolute Gasteiger partial charge is 0.487 e. The van der Waals surface area contributed by atoms with Crippen molar-refractivity contribution < 1.29 is 27.4 Å². The molecule has 11 heteroatoms. The fourth-order valence-corrected chi connectivity index (χ4v) is 5.64. The second-order valence-corrected chi connectivity index (χ2v) is 11.3. The van der Waals surface area contributed by atoms with Crippen LogP contribution in [-0.2, 0) is 38.1 Å². The van der Waals surface area contributed by atoms with Crippen molar-refractivity contribution in [2.75, 3.05) is 13.2 Å². The van der Waals surface area contributed by atoms with Crippen molar-refractivity contribution in [1.82, 2.24) is 9.97 Å². The third-order valence-electron chi connectivity index (χ3n) is 6.27. The molecule has 3 heterocycles. The Morgan fingerprint density at radius 3 is 2.58 bits per heavy atom. The third kappa shape index (κ3) is 6.03. The number of primary sulfonamides is 1. The van der Waals surface area contributed by atoms with Gasteiger partial charge < -0.3 is 19.0 Å². The van der Waals surface area contributed by atoms with E-state index in [9.17, 15) is 13.5 Å². The Morgan fingerprint density at radius 2 is 1.87 bits per heavy atom. The molecule has 2 aromatic heterocycles. The van der Waals surface area contributed by atoms with Crippen LogP contribution in [0.5, 0.6) is 0 Å². The topological polar surface area (TPSA) is 138 Å². The number of nitrogens with zero attached hydrogens (tertiary/aromatic N) is 2. The van der Waals surface area contributed by atoms with Gasteiger partial charge in [-0.2, -0.15) is 0 Å². The monoisotopic (exact) mass is 553 g/mol. The highest BCUT2D eigenvalue weighted by Crippen LogP contribution is 2.34. The fourth-order valence-electron chi connectivity index (χ4n) is 4.16. The first-order valence-corrected chi connectivity index (χ1v) is 14.4. The Hall–Kier alpha value is -3.35. The number of thiazole rings is 1. The molecule has 0 aliphatic carbocycles. The zero-order chi connectivity index (χ0) is 26.6. The molecule has 2 aromatic carbocycles. The number of rotatable bonds is 9. The Labute approximate surface area is 224 Å². The van der Waals surface area contributed by atoms with Crippen LogP contribution in [0.2, 0.25) is 0 Å². The van der Waals surface area contributed by atoms with E-state index in [1.54, 1.807) is 12.1 Å². The summed E-state index contributed by atoms with van der Waals surface area (Å²) in [4.78, 5) is 9.02. The van der Waals surface area contributed by atoms with E-state index in [0.717, 1.165) is 11.3 Å². The summed E-state index contributed by atoms with van der Waals surface area (Å²) in [5, 5.41) is 18.7. The number of hydrogen-bond donors (Lipinski definition) is 2. The first-order valence-electron chi connectivity index (χ1n) is 12.0. The van der Waals surface area contributed by atoms with Crippen LogP contribution in [0.15, 0.2) is 81.8 Å². The van der Waals surface area contributed by atoms with Crippen molar-refractivity contribution in [1.29, 1.82) is 0 Å². The zero-order valence-electron chi connectivity index (χ0n) is 20.4. The minimum Gasteiger partial charge on any atom is -0.487 e. The van der Waals surface area contributed by atoms with Gasteiger partial charge in [-0.25, -0.2) is 23.5 Å². The van der Waals surface area contributed by atoms with E-state index < -0.39 is 15.6 Å². The van der Waals surface area contributed by atoms with Gasteiger partial charge in [0, 0.05) is 49.0 Å². The van der Waals surface area contributed by atoms with E-state index in [4.69, 9.17) is 19.0 Å². The molecule has 0 spiro atoms. The normalized spacial score (nSPS) is 15.9. The molecule has 1 fully saturated rings. The number of hydrogen-bond acceptors (Lipinski definition) is 9. The van der Waals surface area contributed by atoms with Crippen LogP contribution in [0.4, 0.5) is 0 Å². The van der Waals surface area contributed by atoms with Gasteiger partial charge in [-0.05, 0) is 30.3 Å². The maximum absolute atomic E-state index is 11.6. The van der Waals surface area contributed by atoms with Crippen LogP contribution in [0.3, 0.4) is 0 Å². The Morgan fingerprint density at radius 1 is 1.13 bits per heavy atom. The molecule has 1 aliphatic heterocycles. The molecule has 0 saturated carbocycles. The number of oxazole rings is 1. The molecular formula is C27H27N3O6S2. The molecule has 198 valence electrons. The van der Waals surface area contributed by atoms with Crippen molar-refractivity contribution in [2.24, 2.45) is 5.14 Å². The number of allylic oxidation sites excluding steroid dienone is 1. The molecule has 9 nitrogen and oxygen atoms in total. The predicted octanol–water partition coefficient (Wildman–Crippen LogP) is 4.24. The Bertz CT molecular complexity index is 1510. The lowest BCUT2D eigenvalue weighted by molar-refractivity contribution is -0.0681.